The summed E-state index contributed by atoms with van der Waals surface area (Å²) < 4.78 is 5.15. The van der Waals surface area contributed by atoms with Crippen LogP contribution in [0.25, 0.3) is 0 Å². The maximum atomic E-state index is 12.1. The highest BCUT2D eigenvalue weighted by Crippen LogP contribution is 2.25. The van der Waals surface area contributed by atoms with Gasteiger partial charge in [0.1, 0.15) is 5.01 Å². The monoisotopic (exact) mass is 277 g/mol. The van der Waals surface area contributed by atoms with E-state index in [4.69, 9.17) is 10.5 Å². The number of thiazole rings is 1. The Labute approximate surface area is 115 Å². The lowest BCUT2D eigenvalue weighted by molar-refractivity contribution is 0.0948. The average molecular weight is 277 g/mol. The third-order valence-corrected chi connectivity index (χ3v) is 3.53. The first-order valence-corrected chi connectivity index (χ1v) is 6.61. The van der Waals surface area contributed by atoms with Gasteiger partial charge >= 0.3 is 0 Å². The van der Waals surface area contributed by atoms with Crippen molar-refractivity contribution >= 4 is 22.9 Å². The predicted molar refractivity (Wildman–Crippen MR) is 75.4 cm³/mol. The maximum Gasteiger partial charge on any atom is 0.255 e. The van der Waals surface area contributed by atoms with Crippen molar-refractivity contribution in [3.63, 3.8) is 0 Å². The number of hydrogen-bond acceptors (Lipinski definition) is 5. The van der Waals surface area contributed by atoms with Crippen LogP contribution in [-0.2, 0) is 6.54 Å². The van der Waals surface area contributed by atoms with Crippen LogP contribution in [0, 0.1) is 6.92 Å². The highest BCUT2D eigenvalue weighted by Gasteiger charge is 2.14. The van der Waals surface area contributed by atoms with Gasteiger partial charge in [-0.2, -0.15) is 0 Å². The number of nitrogen functional groups attached to an aromatic ring is 1. The second-order valence-corrected chi connectivity index (χ2v) is 4.94. The van der Waals surface area contributed by atoms with Gasteiger partial charge in [0.25, 0.3) is 5.91 Å². The molecule has 100 valence electrons. The molecule has 0 saturated heterocycles. The fourth-order valence-electron chi connectivity index (χ4n) is 1.70. The molecule has 1 aromatic carbocycles. The molecule has 1 heterocycles. The van der Waals surface area contributed by atoms with Crippen LogP contribution in [0.1, 0.15) is 21.1 Å². The molecule has 1 amide bonds. The van der Waals surface area contributed by atoms with Gasteiger partial charge in [0, 0.05) is 11.1 Å². The van der Waals surface area contributed by atoms with E-state index in [0.29, 0.717) is 23.5 Å². The molecule has 3 N–H and O–H groups in total. The minimum atomic E-state index is -0.225. The van der Waals surface area contributed by atoms with Crippen LogP contribution in [0.5, 0.6) is 5.75 Å². The Morgan fingerprint density at radius 3 is 2.95 bits per heavy atom. The van der Waals surface area contributed by atoms with Crippen molar-refractivity contribution in [1.82, 2.24) is 10.3 Å². The zero-order valence-corrected chi connectivity index (χ0v) is 11.6. The van der Waals surface area contributed by atoms with Gasteiger partial charge in [-0.15, -0.1) is 11.3 Å². The van der Waals surface area contributed by atoms with Crippen molar-refractivity contribution < 1.29 is 9.53 Å². The standard InChI is InChI=1S/C13H15N3O2S/c1-8-7-19-11(16-8)6-15-13(17)9-4-3-5-10(14)12(9)18-2/h3-5,7H,6,14H2,1-2H3,(H,15,17). The van der Waals surface area contributed by atoms with Gasteiger partial charge < -0.3 is 15.8 Å². The van der Waals surface area contributed by atoms with Crippen LogP contribution < -0.4 is 15.8 Å². The Morgan fingerprint density at radius 2 is 2.32 bits per heavy atom. The lowest BCUT2D eigenvalue weighted by Crippen LogP contribution is -2.23. The lowest BCUT2D eigenvalue weighted by Gasteiger charge is -2.10. The average Bonchev–Trinajstić information content (AvgIpc) is 2.81. The number of nitrogens with one attached hydrogen (secondary N) is 1. The van der Waals surface area contributed by atoms with Crippen LogP contribution in [-0.4, -0.2) is 18.0 Å². The van der Waals surface area contributed by atoms with Gasteiger partial charge in [-0.25, -0.2) is 4.98 Å². The normalized spacial score (nSPS) is 10.2. The molecule has 0 atom stereocenters. The third kappa shape index (κ3) is 3.03. The molecule has 0 spiro atoms. The quantitative estimate of drug-likeness (QED) is 0.838. The second-order valence-electron chi connectivity index (χ2n) is 3.99. The first-order chi connectivity index (χ1) is 9.11. The van der Waals surface area contributed by atoms with E-state index in [9.17, 15) is 4.79 Å². The fourth-order valence-corrected chi connectivity index (χ4v) is 2.41. The molecule has 0 aliphatic rings. The van der Waals surface area contributed by atoms with Crippen LogP contribution >= 0.6 is 11.3 Å². The minimum absolute atomic E-state index is 0.225. The van der Waals surface area contributed by atoms with Crippen molar-refractivity contribution in [2.45, 2.75) is 13.5 Å². The number of nitrogens with zero attached hydrogens (tertiary/aromatic N) is 1. The van der Waals surface area contributed by atoms with E-state index in [1.54, 1.807) is 18.2 Å². The smallest absolute Gasteiger partial charge is 0.255 e. The molecule has 19 heavy (non-hydrogen) atoms. The first kappa shape index (κ1) is 13.4. The number of aromatic nitrogens is 1. The van der Waals surface area contributed by atoms with Crippen LogP contribution in [0.2, 0.25) is 0 Å². The molecule has 2 aromatic rings. The van der Waals surface area contributed by atoms with Gasteiger partial charge in [-0.1, -0.05) is 6.07 Å². The molecule has 6 heteroatoms. The fraction of sp³-hybridized carbons (Fsp3) is 0.231. The minimum Gasteiger partial charge on any atom is -0.494 e. The summed E-state index contributed by atoms with van der Waals surface area (Å²) in [6.45, 7) is 2.32. The van der Waals surface area contributed by atoms with Crippen molar-refractivity contribution in [3.05, 3.63) is 39.8 Å². The number of methoxy groups -OCH3 is 1. The maximum absolute atomic E-state index is 12.1. The van der Waals surface area contributed by atoms with Gasteiger partial charge in [-0.3, -0.25) is 4.79 Å². The third-order valence-electron chi connectivity index (χ3n) is 2.56. The summed E-state index contributed by atoms with van der Waals surface area (Å²) in [7, 11) is 1.49. The molecular formula is C13H15N3O2S. The van der Waals surface area contributed by atoms with Crippen molar-refractivity contribution in [3.8, 4) is 5.75 Å². The number of hydrogen-bond donors (Lipinski definition) is 2. The summed E-state index contributed by atoms with van der Waals surface area (Å²) in [5.74, 6) is 0.173. The molecule has 0 aliphatic heterocycles. The number of aryl methyl sites for hydroxylation is 1. The zero-order valence-electron chi connectivity index (χ0n) is 10.8. The molecule has 0 unspecified atom stereocenters. The molecule has 0 saturated carbocycles. The second kappa shape index (κ2) is 5.71. The van der Waals surface area contributed by atoms with E-state index in [-0.39, 0.29) is 5.91 Å². The molecule has 0 radical (unpaired) electrons. The Morgan fingerprint density at radius 1 is 1.53 bits per heavy atom. The van der Waals surface area contributed by atoms with Crippen LogP contribution in [0.15, 0.2) is 23.6 Å². The Balaban J connectivity index is 2.10. The number of amides is 1. The molecular weight excluding hydrogens is 262 g/mol. The predicted octanol–water partition coefficient (Wildman–Crippen LogP) is 1.97. The Bertz CT molecular complexity index is 595. The Kier molecular flexibility index (Phi) is 4.01. The highest BCUT2D eigenvalue weighted by atomic mass is 32.1. The zero-order chi connectivity index (χ0) is 13.8. The SMILES string of the molecule is COc1c(N)cccc1C(=O)NCc1nc(C)cs1. The van der Waals surface area contributed by atoms with E-state index in [1.165, 1.54) is 18.4 Å². The van der Waals surface area contributed by atoms with Gasteiger partial charge in [0.2, 0.25) is 0 Å². The van der Waals surface area contributed by atoms with E-state index in [2.05, 4.69) is 10.3 Å². The van der Waals surface area contributed by atoms with E-state index in [0.717, 1.165) is 10.7 Å². The first-order valence-electron chi connectivity index (χ1n) is 5.73. The number of benzene rings is 1. The van der Waals surface area contributed by atoms with Crippen LogP contribution in [0.3, 0.4) is 0 Å². The van der Waals surface area contributed by atoms with E-state index in [1.807, 2.05) is 12.3 Å². The molecule has 1 aromatic heterocycles. The number of anilines is 1. The summed E-state index contributed by atoms with van der Waals surface area (Å²) in [6.07, 6.45) is 0. The summed E-state index contributed by atoms with van der Waals surface area (Å²) in [5.41, 5.74) is 7.59. The number of carbonyl (C=O) groups excluding carboxylic acids is 1. The number of ether oxygens (including phenoxy) is 1. The van der Waals surface area contributed by atoms with E-state index < -0.39 is 0 Å². The van der Waals surface area contributed by atoms with Crippen molar-refractivity contribution in [2.75, 3.05) is 12.8 Å². The highest BCUT2D eigenvalue weighted by molar-refractivity contribution is 7.09. The van der Waals surface area contributed by atoms with Gasteiger partial charge in [-0.05, 0) is 19.1 Å². The van der Waals surface area contributed by atoms with E-state index >= 15 is 0 Å². The summed E-state index contributed by atoms with van der Waals surface area (Å²) >= 11 is 1.52. The number of rotatable bonds is 4. The number of nitrogens with two attached hydrogens (primary N) is 1. The summed E-state index contributed by atoms with van der Waals surface area (Å²) in [6, 6.07) is 5.09. The lowest BCUT2D eigenvalue weighted by atomic mass is 10.1. The summed E-state index contributed by atoms with van der Waals surface area (Å²) in [5, 5.41) is 5.62. The largest absolute Gasteiger partial charge is 0.494 e. The Hall–Kier alpha value is -2.08. The number of para-hydroxylation sites is 1. The van der Waals surface area contributed by atoms with Gasteiger partial charge in [0.15, 0.2) is 5.75 Å². The van der Waals surface area contributed by atoms with Gasteiger partial charge in [0.05, 0.1) is 24.9 Å². The molecule has 5 nitrogen and oxygen atoms in total. The molecule has 0 aliphatic carbocycles. The van der Waals surface area contributed by atoms with Crippen molar-refractivity contribution in [1.29, 1.82) is 0 Å². The van der Waals surface area contributed by atoms with Crippen molar-refractivity contribution in [2.24, 2.45) is 0 Å². The molecule has 0 bridgehead atoms. The molecule has 0 fully saturated rings. The summed E-state index contributed by atoms with van der Waals surface area (Å²) in [4.78, 5) is 16.4. The topological polar surface area (TPSA) is 77.2 Å². The van der Waals surface area contributed by atoms with Crippen LogP contribution in [0.4, 0.5) is 5.69 Å². The number of carbonyl (C=O) groups is 1. The molecule has 2 rings (SSSR count).